The van der Waals surface area contributed by atoms with Crippen molar-refractivity contribution in [2.75, 3.05) is 24.5 Å². The first-order chi connectivity index (χ1) is 15.2. The fourth-order valence-electron chi connectivity index (χ4n) is 3.78. The van der Waals surface area contributed by atoms with Crippen molar-refractivity contribution in [2.45, 2.75) is 32.5 Å². The van der Waals surface area contributed by atoms with Crippen LogP contribution in [0.5, 0.6) is 0 Å². The maximum atomic E-state index is 14.0. The van der Waals surface area contributed by atoms with Gasteiger partial charge in [0.25, 0.3) is 0 Å². The highest BCUT2D eigenvalue weighted by atomic mass is 127. The van der Waals surface area contributed by atoms with Crippen molar-refractivity contribution in [3.8, 4) is 0 Å². The van der Waals surface area contributed by atoms with Crippen LogP contribution in [0.3, 0.4) is 0 Å². The molecule has 2 N–H and O–H groups in total. The molecule has 3 heterocycles. The van der Waals surface area contributed by atoms with Crippen molar-refractivity contribution in [3.05, 3.63) is 78.3 Å². The molecule has 0 amide bonds. The molecular formula is C23H29FIN7. The van der Waals surface area contributed by atoms with Gasteiger partial charge in [0, 0.05) is 50.8 Å². The molecule has 2 aromatic heterocycles. The zero-order chi connectivity index (χ0) is 21.5. The second-order valence-electron chi connectivity index (χ2n) is 7.63. The Kier molecular flexibility index (Phi) is 8.83. The molecule has 1 unspecified atom stereocenters. The van der Waals surface area contributed by atoms with Crippen LogP contribution in [0.25, 0.3) is 0 Å². The maximum absolute atomic E-state index is 14.0. The molecule has 7 nitrogen and oxygen atoms in total. The molecule has 9 heteroatoms. The van der Waals surface area contributed by atoms with E-state index in [0.29, 0.717) is 18.9 Å². The third kappa shape index (κ3) is 6.41. The number of aromatic nitrogens is 3. The molecule has 32 heavy (non-hydrogen) atoms. The summed E-state index contributed by atoms with van der Waals surface area (Å²) < 4.78 is 16.1. The molecule has 1 aliphatic rings. The van der Waals surface area contributed by atoms with Gasteiger partial charge in [0.2, 0.25) is 0 Å². The molecule has 1 saturated heterocycles. The number of nitrogens with one attached hydrogen (secondary N) is 2. The minimum Gasteiger partial charge on any atom is -0.357 e. The summed E-state index contributed by atoms with van der Waals surface area (Å²) in [6.07, 6.45) is 8.10. The lowest BCUT2D eigenvalue weighted by Gasteiger charge is -2.20. The Bertz CT molecular complexity index is 1010. The average molecular weight is 549 g/mol. The SMILES string of the molecule is CCNC(=NCc1cccc(Cn2ccnc2)c1)NC1CCN(c2ncccc2F)C1.I. The minimum atomic E-state index is -0.278. The normalized spacial score (nSPS) is 16.0. The lowest BCUT2D eigenvalue weighted by atomic mass is 10.1. The van der Waals surface area contributed by atoms with Crippen LogP contribution in [-0.2, 0) is 13.1 Å². The van der Waals surface area contributed by atoms with Crippen LogP contribution >= 0.6 is 24.0 Å². The van der Waals surface area contributed by atoms with Crippen LogP contribution in [0, 0.1) is 5.82 Å². The number of hydrogen-bond acceptors (Lipinski definition) is 4. The van der Waals surface area contributed by atoms with Crippen LogP contribution in [0.2, 0.25) is 0 Å². The molecule has 3 aromatic rings. The van der Waals surface area contributed by atoms with Gasteiger partial charge in [0.1, 0.15) is 0 Å². The lowest BCUT2D eigenvalue weighted by Crippen LogP contribution is -2.44. The van der Waals surface area contributed by atoms with E-state index >= 15 is 0 Å². The minimum absolute atomic E-state index is 0. The summed E-state index contributed by atoms with van der Waals surface area (Å²) in [5.74, 6) is 0.915. The maximum Gasteiger partial charge on any atom is 0.191 e. The molecule has 0 radical (unpaired) electrons. The second-order valence-corrected chi connectivity index (χ2v) is 7.63. The smallest absolute Gasteiger partial charge is 0.191 e. The molecule has 1 atom stereocenters. The largest absolute Gasteiger partial charge is 0.357 e. The number of imidazole rings is 1. The topological polar surface area (TPSA) is 70.4 Å². The van der Waals surface area contributed by atoms with Crippen molar-refractivity contribution in [3.63, 3.8) is 0 Å². The van der Waals surface area contributed by atoms with Crippen LogP contribution in [0.15, 0.2) is 66.3 Å². The van der Waals surface area contributed by atoms with Crippen molar-refractivity contribution >= 4 is 35.8 Å². The summed E-state index contributed by atoms with van der Waals surface area (Å²) in [5.41, 5.74) is 2.37. The Morgan fingerprint density at radius 3 is 2.88 bits per heavy atom. The van der Waals surface area contributed by atoms with Gasteiger partial charge in [-0.1, -0.05) is 24.3 Å². The average Bonchev–Trinajstić information content (AvgIpc) is 3.45. The summed E-state index contributed by atoms with van der Waals surface area (Å²) >= 11 is 0. The lowest BCUT2D eigenvalue weighted by molar-refractivity contribution is 0.612. The molecular weight excluding hydrogens is 520 g/mol. The Labute approximate surface area is 205 Å². The van der Waals surface area contributed by atoms with Gasteiger partial charge in [-0.2, -0.15) is 0 Å². The first-order valence-electron chi connectivity index (χ1n) is 10.6. The first-order valence-corrected chi connectivity index (χ1v) is 10.6. The number of halogens is 2. The Balaban J connectivity index is 0.00000289. The van der Waals surface area contributed by atoms with Crippen molar-refractivity contribution in [1.82, 2.24) is 25.2 Å². The molecule has 0 bridgehead atoms. The predicted molar refractivity (Wildman–Crippen MR) is 136 cm³/mol. The van der Waals surface area contributed by atoms with E-state index in [1.54, 1.807) is 18.5 Å². The Morgan fingerprint density at radius 1 is 1.22 bits per heavy atom. The monoisotopic (exact) mass is 549 g/mol. The van der Waals surface area contributed by atoms with Gasteiger partial charge >= 0.3 is 0 Å². The zero-order valence-corrected chi connectivity index (χ0v) is 20.4. The van der Waals surface area contributed by atoms with Gasteiger partial charge in [-0.05, 0) is 36.6 Å². The van der Waals surface area contributed by atoms with E-state index in [9.17, 15) is 4.39 Å². The molecule has 170 valence electrons. The van der Waals surface area contributed by atoms with E-state index in [4.69, 9.17) is 4.99 Å². The van der Waals surface area contributed by atoms with Gasteiger partial charge in [-0.3, -0.25) is 0 Å². The van der Waals surface area contributed by atoms with E-state index in [1.165, 1.54) is 11.6 Å². The van der Waals surface area contributed by atoms with E-state index in [1.807, 2.05) is 28.9 Å². The van der Waals surface area contributed by atoms with Crippen LogP contribution in [0.1, 0.15) is 24.5 Å². The Morgan fingerprint density at radius 2 is 2.09 bits per heavy atom. The molecule has 0 saturated carbocycles. The van der Waals surface area contributed by atoms with E-state index in [2.05, 4.69) is 44.9 Å². The third-order valence-electron chi connectivity index (χ3n) is 5.25. The highest BCUT2D eigenvalue weighted by molar-refractivity contribution is 14.0. The zero-order valence-electron chi connectivity index (χ0n) is 18.1. The molecule has 4 rings (SSSR count). The highest BCUT2D eigenvalue weighted by Gasteiger charge is 2.25. The predicted octanol–water partition coefficient (Wildman–Crippen LogP) is 3.42. The van der Waals surface area contributed by atoms with Gasteiger partial charge in [0.05, 0.1) is 12.9 Å². The van der Waals surface area contributed by atoms with Crippen LogP contribution in [-0.4, -0.2) is 46.2 Å². The molecule has 1 aliphatic heterocycles. The molecule has 0 aliphatic carbocycles. The fourth-order valence-corrected chi connectivity index (χ4v) is 3.78. The summed E-state index contributed by atoms with van der Waals surface area (Å²) in [7, 11) is 0. The van der Waals surface area contributed by atoms with Gasteiger partial charge in [0.15, 0.2) is 17.6 Å². The van der Waals surface area contributed by atoms with Crippen LogP contribution in [0.4, 0.5) is 10.2 Å². The van der Waals surface area contributed by atoms with Gasteiger partial charge in [-0.25, -0.2) is 19.4 Å². The van der Waals surface area contributed by atoms with Crippen molar-refractivity contribution < 1.29 is 4.39 Å². The number of aliphatic imine (C=N–C) groups is 1. The summed E-state index contributed by atoms with van der Waals surface area (Å²) in [6.45, 7) is 5.65. The molecule has 0 spiro atoms. The molecule has 1 fully saturated rings. The number of rotatable bonds is 7. The van der Waals surface area contributed by atoms with Gasteiger partial charge < -0.3 is 20.1 Å². The summed E-state index contributed by atoms with van der Waals surface area (Å²) in [5, 5.41) is 6.81. The fraction of sp³-hybridized carbons (Fsp3) is 0.348. The van der Waals surface area contributed by atoms with Crippen LogP contribution < -0.4 is 15.5 Å². The summed E-state index contributed by atoms with van der Waals surface area (Å²) in [6, 6.07) is 11.7. The van der Waals surface area contributed by atoms with E-state index in [0.717, 1.165) is 37.6 Å². The number of pyridine rings is 1. The summed E-state index contributed by atoms with van der Waals surface area (Å²) in [4.78, 5) is 15.0. The Hall–Kier alpha value is -2.69. The van der Waals surface area contributed by atoms with E-state index < -0.39 is 0 Å². The standard InChI is InChI=1S/C23H28FN7.HI/c1-2-26-23(29-20-8-11-31(16-20)22-21(24)7-4-9-27-22)28-14-18-5-3-6-19(13-18)15-30-12-10-25-17-30;/h3-7,9-10,12-13,17,20H,2,8,11,14-16H2,1H3,(H2,26,28,29);1H. The first kappa shape index (κ1) is 24.0. The number of guanidine groups is 1. The third-order valence-corrected chi connectivity index (χ3v) is 5.25. The van der Waals surface area contributed by atoms with Gasteiger partial charge in [-0.15, -0.1) is 24.0 Å². The quantitative estimate of drug-likeness (QED) is 0.269. The molecule has 1 aromatic carbocycles. The highest BCUT2D eigenvalue weighted by Crippen LogP contribution is 2.20. The number of anilines is 1. The number of benzene rings is 1. The van der Waals surface area contributed by atoms with Crippen molar-refractivity contribution in [1.29, 1.82) is 0 Å². The number of nitrogens with zero attached hydrogens (tertiary/aromatic N) is 5. The number of hydrogen-bond donors (Lipinski definition) is 2. The second kappa shape index (κ2) is 11.8. The van der Waals surface area contributed by atoms with E-state index in [-0.39, 0.29) is 35.8 Å². The van der Waals surface area contributed by atoms with Crippen molar-refractivity contribution in [2.24, 2.45) is 4.99 Å².